The highest BCUT2D eigenvalue weighted by molar-refractivity contribution is 5.95. The minimum atomic E-state index is -0.133. The summed E-state index contributed by atoms with van der Waals surface area (Å²) >= 11 is 0. The number of rotatable bonds is 5. The number of fused-ring (bicyclic) bond motifs is 1. The Labute approximate surface area is 148 Å². The molecule has 6 heteroatoms. The summed E-state index contributed by atoms with van der Waals surface area (Å²) in [5.41, 5.74) is 0.574. The van der Waals surface area contributed by atoms with Crippen molar-refractivity contribution in [2.75, 3.05) is 19.9 Å². The van der Waals surface area contributed by atoms with Gasteiger partial charge >= 0.3 is 0 Å². The smallest absolute Gasteiger partial charge is 0.254 e. The molecule has 0 aliphatic carbocycles. The van der Waals surface area contributed by atoms with E-state index in [1.165, 1.54) is 0 Å². The summed E-state index contributed by atoms with van der Waals surface area (Å²) in [5, 5.41) is 3.07. The maximum atomic E-state index is 12.8. The van der Waals surface area contributed by atoms with Gasteiger partial charge in [-0.05, 0) is 44.4 Å². The summed E-state index contributed by atoms with van der Waals surface area (Å²) in [4.78, 5) is 27.0. The molecular formula is C19H26N2O4. The molecule has 1 saturated heterocycles. The first kappa shape index (κ1) is 17.6. The van der Waals surface area contributed by atoms with Crippen LogP contribution in [0, 0.1) is 5.92 Å². The Hall–Kier alpha value is -2.24. The second-order valence-corrected chi connectivity index (χ2v) is 6.86. The molecule has 2 atom stereocenters. The number of amides is 2. The van der Waals surface area contributed by atoms with Crippen molar-refractivity contribution in [3.63, 3.8) is 0 Å². The van der Waals surface area contributed by atoms with E-state index in [1.54, 1.807) is 23.1 Å². The van der Waals surface area contributed by atoms with E-state index in [4.69, 9.17) is 9.47 Å². The van der Waals surface area contributed by atoms with Crippen molar-refractivity contribution in [1.29, 1.82) is 0 Å². The van der Waals surface area contributed by atoms with E-state index in [0.29, 0.717) is 30.2 Å². The molecule has 136 valence electrons. The summed E-state index contributed by atoms with van der Waals surface area (Å²) in [6.45, 7) is 5.48. The Balaban J connectivity index is 1.62. The largest absolute Gasteiger partial charge is 0.454 e. The van der Waals surface area contributed by atoms with Crippen LogP contribution in [0.25, 0.3) is 0 Å². The first-order valence-electron chi connectivity index (χ1n) is 9.07. The third-order valence-electron chi connectivity index (χ3n) is 4.81. The van der Waals surface area contributed by atoms with Crippen LogP contribution in [0.4, 0.5) is 0 Å². The summed E-state index contributed by atoms with van der Waals surface area (Å²) in [6, 6.07) is 5.41. The van der Waals surface area contributed by atoms with Crippen molar-refractivity contribution in [2.24, 2.45) is 5.92 Å². The molecule has 0 radical (unpaired) electrons. The van der Waals surface area contributed by atoms with Crippen LogP contribution in [0.3, 0.4) is 0 Å². The first-order valence-corrected chi connectivity index (χ1v) is 9.07. The average molecular weight is 346 g/mol. The lowest BCUT2D eigenvalue weighted by Crippen LogP contribution is -2.47. The van der Waals surface area contributed by atoms with Crippen molar-refractivity contribution >= 4 is 11.8 Å². The first-order chi connectivity index (χ1) is 12.1. The van der Waals surface area contributed by atoms with Gasteiger partial charge in [-0.1, -0.05) is 13.3 Å². The van der Waals surface area contributed by atoms with E-state index in [1.807, 2.05) is 6.92 Å². The van der Waals surface area contributed by atoms with Gasteiger partial charge in [-0.25, -0.2) is 0 Å². The Morgan fingerprint density at radius 1 is 1.32 bits per heavy atom. The average Bonchev–Trinajstić information content (AvgIpc) is 3.09. The Morgan fingerprint density at radius 2 is 2.12 bits per heavy atom. The second kappa shape index (κ2) is 7.76. The monoisotopic (exact) mass is 346 g/mol. The van der Waals surface area contributed by atoms with Crippen molar-refractivity contribution in [1.82, 2.24) is 10.2 Å². The molecule has 2 heterocycles. The molecule has 0 saturated carbocycles. The normalized spacial score (nSPS) is 20.2. The zero-order valence-electron chi connectivity index (χ0n) is 14.9. The molecule has 6 nitrogen and oxygen atoms in total. The summed E-state index contributed by atoms with van der Waals surface area (Å²) < 4.78 is 10.6. The number of carbonyl (C=O) groups excluding carboxylic acids is 2. The highest BCUT2D eigenvalue weighted by Gasteiger charge is 2.30. The zero-order valence-corrected chi connectivity index (χ0v) is 14.9. The van der Waals surface area contributed by atoms with Crippen molar-refractivity contribution in [3.05, 3.63) is 23.8 Å². The number of nitrogens with one attached hydrogen (secondary N) is 1. The van der Waals surface area contributed by atoms with Crippen LogP contribution in [0.2, 0.25) is 0 Å². The Bertz CT molecular complexity index is 646. The highest BCUT2D eigenvalue weighted by atomic mass is 16.7. The molecule has 2 amide bonds. The van der Waals surface area contributed by atoms with Gasteiger partial charge in [0, 0.05) is 24.7 Å². The zero-order chi connectivity index (χ0) is 17.8. The molecule has 0 spiro atoms. The molecule has 25 heavy (non-hydrogen) atoms. The van der Waals surface area contributed by atoms with Crippen LogP contribution in [-0.2, 0) is 4.79 Å². The van der Waals surface area contributed by atoms with E-state index in [-0.39, 0.29) is 30.6 Å². The van der Waals surface area contributed by atoms with Crippen molar-refractivity contribution in [3.8, 4) is 11.5 Å². The van der Waals surface area contributed by atoms with E-state index in [0.717, 1.165) is 25.7 Å². The lowest BCUT2D eigenvalue weighted by Gasteiger charge is -2.32. The van der Waals surface area contributed by atoms with Gasteiger partial charge in [0.05, 0.1) is 5.92 Å². The standard InChI is InChI=1S/C19H26N2O4/c1-3-5-13(2)20-18(22)15-6-4-9-21(11-15)19(23)14-7-8-16-17(10-14)25-12-24-16/h7-8,10,13,15H,3-6,9,11-12H2,1-2H3,(H,20,22)/t13-,15-/m1/s1. The van der Waals surface area contributed by atoms with Gasteiger partial charge < -0.3 is 19.7 Å². The summed E-state index contributed by atoms with van der Waals surface area (Å²) in [6.07, 6.45) is 3.69. The third-order valence-corrected chi connectivity index (χ3v) is 4.81. The SMILES string of the molecule is CCC[C@@H](C)NC(=O)[C@@H]1CCCN(C(=O)c2ccc3c(c2)OCO3)C1. The lowest BCUT2D eigenvalue weighted by atomic mass is 9.96. The van der Waals surface area contributed by atoms with Gasteiger partial charge in [0.1, 0.15) is 0 Å². The van der Waals surface area contributed by atoms with E-state index in [9.17, 15) is 9.59 Å². The number of benzene rings is 1. The van der Waals surface area contributed by atoms with Crippen LogP contribution in [-0.4, -0.2) is 42.6 Å². The topological polar surface area (TPSA) is 67.9 Å². The van der Waals surface area contributed by atoms with Gasteiger partial charge in [-0.15, -0.1) is 0 Å². The summed E-state index contributed by atoms with van der Waals surface area (Å²) in [5.74, 6) is 1.13. The second-order valence-electron chi connectivity index (χ2n) is 6.86. The number of piperidine rings is 1. The fourth-order valence-corrected chi connectivity index (χ4v) is 3.45. The molecule has 0 unspecified atom stereocenters. The number of nitrogens with zero attached hydrogens (tertiary/aromatic N) is 1. The highest BCUT2D eigenvalue weighted by Crippen LogP contribution is 2.33. The third kappa shape index (κ3) is 4.06. The van der Waals surface area contributed by atoms with Crippen molar-refractivity contribution < 1.29 is 19.1 Å². The van der Waals surface area contributed by atoms with Crippen LogP contribution < -0.4 is 14.8 Å². The Morgan fingerprint density at radius 3 is 2.92 bits per heavy atom. The molecule has 2 aliphatic rings. The molecule has 3 rings (SSSR count). The van der Waals surface area contributed by atoms with Crippen molar-refractivity contribution in [2.45, 2.75) is 45.6 Å². The fourth-order valence-electron chi connectivity index (χ4n) is 3.45. The molecule has 1 aromatic rings. The maximum absolute atomic E-state index is 12.8. The molecule has 1 fully saturated rings. The molecular weight excluding hydrogens is 320 g/mol. The van der Waals surface area contributed by atoms with E-state index in [2.05, 4.69) is 12.2 Å². The maximum Gasteiger partial charge on any atom is 0.254 e. The number of hydrogen-bond acceptors (Lipinski definition) is 4. The molecule has 0 aromatic heterocycles. The van der Waals surface area contributed by atoms with Gasteiger partial charge in [0.15, 0.2) is 11.5 Å². The Kier molecular flexibility index (Phi) is 5.46. The van der Waals surface area contributed by atoms with Crippen LogP contribution >= 0.6 is 0 Å². The van der Waals surface area contributed by atoms with Crippen LogP contribution in [0.15, 0.2) is 18.2 Å². The lowest BCUT2D eigenvalue weighted by molar-refractivity contribution is -0.127. The van der Waals surface area contributed by atoms with Gasteiger partial charge in [-0.3, -0.25) is 9.59 Å². The quantitative estimate of drug-likeness (QED) is 0.890. The number of carbonyl (C=O) groups is 2. The number of likely N-dealkylation sites (tertiary alicyclic amines) is 1. The fraction of sp³-hybridized carbons (Fsp3) is 0.579. The minimum Gasteiger partial charge on any atom is -0.454 e. The van der Waals surface area contributed by atoms with Crippen LogP contribution in [0.1, 0.15) is 49.9 Å². The molecule has 1 N–H and O–H groups in total. The predicted octanol–water partition coefficient (Wildman–Crippen LogP) is 2.57. The number of hydrogen-bond donors (Lipinski definition) is 1. The van der Waals surface area contributed by atoms with Crippen LogP contribution in [0.5, 0.6) is 11.5 Å². The van der Waals surface area contributed by atoms with Gasteiger partial charge in [0.25, 0.3) is 5.91 Å². The summed E-state index contributed by atoms with van der Waals surface area (Å²) in [7, 11) is 0. The molecule has 2 aliphatic heterocycles. The predicted molar refractivity (Wildman–Crippen MR) is 93.7 cm³/mol. The van der Waals surface area contributed by atoms with E-state index >= 15 is 0 Å². The minimum absolute atomic E-state index is 0.0580. The van der Waals surface area contributed by atoms with Gasteiger partial charge in [-0.2, -0.15) is 0 Å². The molecule has 1 aromatic carbocycles. The van der Waals surface area contributed by atoms with E-state index < -0.39 is 0 Å². The molecule has 0 bridgehead atoms. The van der Waals surface area contributed by atoms with Gasteiger partial charge in [0.2, 0.25) is 12.7 Å². The number of ether oxygens (including phenoxy) is 2.